The molecule has 6 heteroatoms. The number of methoxy groups -OCH3 is 1. The van der Waals surface area contributed by atoms with Crippen LogP contribution in [-0.2, 0) is 11.2 Å². The normalized spacial score (nSPS) is 24.5. The van der Waals surface area contributed by atoms with Crippen LogP contribution in [0.25, 0.3) is 0 Å². The van der Waals surface area contributed by atoms with Gasteiger partial charge in [0.2, 0.25) is 5.91 Å². The van der Waals surface area contributed by atoms with E-state index < -0.39 is 0 Å². The predicted octanol–water partition coefficient (Wildman–Crippen LogP) is 0.931. The first-order valence-electron chi connectivity index (χ1n) is 9.29. The van der Waals surface area contributed by atoms with Gasteiger partial charge in [0, 0.05) is 49.7 Å². The minimum absolute atomic E-state index is 0.195. The molecule has 6 nitrogen and oxygen atoms in total. The summed E-state index contributed by atoms with van der Waals surface area (Å²) in [4.78, 5) is 14.6. The lowest BCUT2D eigenvalue weighted by Gasteiger charge is -2.33. The molecule has 1 amide bonds. The first-order chi connectivity index (χ1) is 12.2. The molecule has 0 aromatic heterocycles. The number of hydrogen-bond donors (Lipinski definition) is 3. The lowest BCUT2D eigenvalue weighted by molar-refractivity contribution is -0.131. The van der Waals surface area contributed by atoms with Crippen molar-refractivity contribution in [1.82, 2.24) is 21.1 Å². The van der Waals surface area contributed by atoms with Crippen molar-refractivity contribution in [3.63, 3.8) is 0 Å². The SMILES string of the molecule is COc1ccccc1CC(=O)N1CCC(NCC2CNNC2C)CC1. The molecule has 2 atom stereocenters. The van der Waals surface area contributed by atoms with Gasteiger partial charge < -0.3 is 15.0 Å². The van der Waals surface area contributed by atoms with Crippen LogP contribution in [0.5, 0.6) is 5.75 Å². The zero-order chi connectivity index (χ0) is 17.6. The van der Waals surface area contributed by atoms with Gasteiger partial charge in [-0.3, -0.25) is 15.6 Å². The molecular weight excluding hydrogens is 316 g/mol. The molecule has 1 aromatic rings. The molecular formula is C19H30N4O2. The van der Waals surface area contributed by atoms with Gasteiger partial charge >= 0.3 is 0 Å². The second kappa shape index (κ2) is 8.65. The predicted molar refractivity (Wildman–Crippen MR) is 98.4 cm³/mol. The minimum atomic E-state index is 0.195. The summed E-state index contributed by atoms with van der Waals surface area (Å²) in [5.41, 5.74) is 7.43. The van der Waals surface area contributed by atoms with E-state index in [-0.39, 0.29) is 5.91 Å². The highest BCUT2D eigenvalue weighted by molar-refractivity contribution is 5.79. The maximum atomic E-state index is 12.6. The fraction of sp³-hybridized carbons (Fsp3) is 0.632. The van der Waals surface area contributed by atoms with Crippen molar-refractivity contribution in [1.29, 1.82) is 0 Å². The van der Waals surface area contributed by atoms with Gasteiger partial charge in [0.05, 0.1) is 13.5 Å². The van der Waals surface area contributed by atoms with Crippen molar-refractivity contribution in [2.45, 2.75) is 38.3 Å². The number of nitrogens with one attached hydrogen (secondary N) is 3. The number of carbonyl (C=O) groups excluding carboxylic acids is 1. The molecule has 2 saturated heterocycles. The van der Waals surface area contributed by atoms with Crippen molar-refractivity contribution < 1.29 is 9.53 Å². The number of para-hydroxylation sites is 1. The van der Waals surface area contributed by atoms with E-state index in [1.807, 2.05) is 29.2 Å². The van der Waals surface area contributed by atoms with E-state index in [1.54, 1.807) is 7.11 Å². The van der Waals surface area contributed by atoms with E-state index >= 15 is 0 Å². The van der Waals surface area contributed by atoms with Crippen LogP contribution in [-0.4, -0.2) is 56.2 Å². The summed E-state index contributed by atoms with van der Waals surface area (Å²) in [6.45, 7) is 5.93. The highest BCUT2D eigenvalue weighted by Gasteiger charge is 2.26. The highest BCUT2D eigenvalue weighted by atomic mass is 16.5. The Hall–Kier alpha value is -1.63. The van der Waals surface area contributed by atoms with Gasteiger partial charge in [-0.1, -0.05) is 18.2 Å². The quantitative estimate of drug-likeness (QED) is 0.715. The number of likely N-dealkylation sites (tertiary alicyclic amines) is 1. The molecule has 3 rings (SSSR count). The number of nitrogens with zero attached hydrogens (tertiary/aromatic N) is 1. The summed E-state index contributed by atoms with van der Waals surface area (Å²) in [7, 11) is 1.65. The van der Waals surface area contributed by atoms with Crippen LogP contribution in [0.4, 0.5) is 0 Å². The van der Waals surface area contributed by atoms with Gasteiger partial charge in [-0.05, 0) is 25.8 Å². The van der Waals surface area contributed by atoms with Gasteiger partial charge in [-0.15, -0.1) is 0 Å². The molecule has 0 radical (unpaired) electrons. The smallest absolute Gasteiger partial charge is 0.227 e. The Morgan fingerprint density at radius 2 is 2.08 bits per heavy atom. The Balaban J connectivity index is 1.43. The van der Waals surface area contributed by atoms with Crippen LogP contribution in [0.3, 0.4) is 0 Å². The number of hydrazine groups is 1. The molecule has 2 aliphatic rings. The Labute approximate surface area is 150 Å². The zero-order valence-electron chi connectivity index (χ0n) is 15.3. The van der Waals surface area contributed by atoms with Crippen molar-refractivity contribution in [2.75, 3.05) is 33.3 Å². The molecule has 1 aromatic carbocycles. The van der Waals surface area contributed by atoms with E-state index in [2.05, 4.69) is 23.1 Å². The Bertz CT molecular complexity index is 572. The fourth-order valence-corrected chi connectivity index (χ4v) is 3.67. The average Bonchev–Trinajstić information content (AvgIpc) is 3.06. The molecule has 2 unspecified atom stereocenters. The number of ether oxygens (including phenoxy) is 1. The first-order valence-corrected chi connectivity index (χ1v) is 9.29. The number of rotatable bonds is 6. The van der Waals surface area contributed by atoms with E-state index in [4.69, 9.17) is 4.74 Å². The Kier molecular flexibility index (Phi) is 6.29. The van der Waals surface area contributed by atoms with E-state index in [0.29, 0.717) is 24.4 Å². The van der Waals surface area contributed by atoms with Crippen molar-refractivity contribution in [3.05, 3.63) is 29.8 Å². The lowest BCUT2D eigenvalue weighted by Crippen LogP contribution is -2.47. The summed E-state index contributed by atoms with van der Waals surface area (Å²) in [6.07, 6.45) is 2.47. The van der Waals surface area contributed by atoms with Crippen LogP contribution in [0.15, 0.2) is 24.3 Å². The van der Waals surface area contributed by atoms with E-state index in [0.717, 1.165) is 50.3 Å². The molecule has 138 valence electrons. The molecule has 3 N–H and O–H groups in total. The van der Waals surface area contributed by atoms with Crippen LogP contribution in [0, 0.1) is 5.92 Å². The molecule has 2 fully saturated rings. The monoisotopic (exact) mass is 346 g/mol. The largest absolute Gasteiger partial charge is 0.496 e. The molecule has 0 spiro atoms. The average molecular weight is 346 g/mol. The second-order valence-corrected chi connectivity index (χ2v) is 7.13. The molecule has 0 bridgehead atoms. The Morgan fingerprint density at radius 3 is 2.76 bits per heavy atom. The Morgan fingerprint density at radius 1 is 1.32 bits per heavy atom. The van der Waals surface area contributed by atoms with E-state index in [9.17, 15) is 4.79 Å². The van der Waals surface area contributed by atoms with Crippen molar-refractivity contribution in [2.24, 2.45) is 5.92 Å². The topological polar surface area (TPSA) is 65.6 Å². The third kappa shape index (κ3) is 4.71. The minimum Gasteiger partial charge on any atom is -0.496 e. The van der Waals surface area contributed by atoms with Gasteiger partial charge in [-0.25, -0.2) is 0 Å². The lowest BCUT2D eigenvalue weighted by atomic mass is 10.00. The van der Waals surface area contributed by atoms with Crippen LogP contribution in [0.1, 0.15) is 25.3 Å². The molecule has 0 saturated carbocycles. The number of benzene rings is 1. The third-order valence-electron chi connectivity index (χ3n) is 5.45. The van der Waals surface area contributed by atoms with Crippen LogP contribution in [0.2, 0.25) is 0 Å². The molecule has 25 heavy (non-hydrogen) atoms. The number of piperidine rings is 1. The molecule has 0 aliphatic carbocycles. The maximum Gasteiger partial charge on any atom is 0.227 e. The zero-order valence-corrected chi connectivity index (χ0v) is 15.3. The van der Waals surface area contributed by atoms with Gasteiger partial charge in [0.15, 0.2) is 0 Å². The molecule has 2 heterocycles. The molecule has 2 aliphatic heterocycles. The van der Waals surface area contributed by atoms with Crippen molar-refractivity contribution >= 4 is 5.91 Å². The highest BCUT2D eigenvalue weighted by Crippen LogP contribution is 2.20. The number of carbonyl (C=O) groups is 1. The number of amides is 1. The van der Waals surface area contributed by atoms with Gasteiger partial charge in [0.25, 0.3) is 0 Å². The second-order valence-electron chi connectivity index (χ2n) is 7.13. The summed E-state index contributed by atoms with van der Waals surface area (Å²) in [6, 6.07) is 8.79. The fourth-order valence-electron chi connectivity index (χ4n) is 3.67. The van der Waals surface area contributed by atoms with Crippen LogP contribution < -0.4 is 20.9 Å². The summed E-state index contributed by atoms with van der Waals surface area (Å²) in [5, 5.41) is 3.68. The van der Waals surface area contributed by atoms with Crippen molar-refractivity contribution in [3.8, 4) is 5.75 Å². The van der Waals surface area contributed by atoms with E-state index in [1.165, 1.54) is 0 Å². The number of hydrogen-bond acceptors (Lipinski definition) is 5. The van der Waals surface area contributed by atoms with Gasteiger partial charge in [-0.2, -0.15) is 0 Å². The third-order valence-corrected chi connectivity index (χ3v) is 5.45. The summed E-state index contributed by atoms with van der Waals surface area (Å²) in [5.74, 6) is 1.62. The van der Waals surface area contributed by atoms with Crippen LogP contribution >= 0.6 is 0 Å². The summed E-state index contributed by atoms with van der Waals surface area (Å²) >= 11 is 0. The maximum absolute atomic E-state index is 12.6. The van der Waals surface area contributed by atoms with Gasteiger partial charge in [0.1, 0.15) is 5.75 Å². The standard InChI is InChI=1S/C19H30N4O2/c1-14-16(13-21-22-14)12-20-17-7-9-23(10-8-17)19(24)11-15-5-3-4-6-18(15)25-2/h3-6,14,16-17,20-22H,7-13H2,1-2H3. The first kappa shape index (κ1) is 18.2. The summed E-state index contributed by atoms with van der Waals surface area (Å²) < 4.78 is 5.35.